The maximum absolute atomic E-state index is 4.35. The Labute approximate surface area is 109 Å². The summed E-state index contributed by atoms with van der Waals surface area (Å²) < 4.78 is 0. The molecule has 3 heteroatoms. The highest BCUT2D eigenvalue weighted by Crippen LogP contribution is 2.28. The third kappa shape index (κ3) is 3.22. The molecule has 1 heterocycles. The molecule has 1 aromatic rings. The van der Waals surface area contributed by atoms with Crippen molar-refractivity contribution in [3.63, 3.8) is 0 Å². The Bertz CT molecular complexity index is 470. The molecule has 1 aliphatic rings. The van der Waals surface area contributed by atoms with Gasteiger partial charge in [-0.2, -0.15) is 0 Å². The second kappa shape index (κ2) is 5.86. The quantitative estimate of drug-likeness (QED) is 0.770. The molecule has 2 rings (SSSR count). The molecule has 0 amide bonds. The monoisotopic (exact) mass is 243 g/mol. The van der Waals surface area contributed by atoms with Gasteiger partial charge in [-0.25, -0.2) is 9.97 Å². The first kappa shape index (κ1) is 12.9. The zero-order valence-electron chi connectivity index (χ0n) is 11.5. The van der Waals surface area contributed by atoms with E-state index in [-0.39, 0.29) is 0 Å². The normalized spacial score (nSPS) is 23.1. The van der Waals surface area contributed by atoms with E-state index < -0.39 is 0 Å². The van der Waals surface area contributed by atoms with E-state index in [9.17, 15) is 0 Å². The van der Waals surface area contributed by atoms with Crippen LogP contribution in [0.25, 0.3) is 0 Å². The van der Waals surface area contributed by atoms with Crippen LogP contribution in [0, 0.1) is 30.6 Å². The fourth-order valence-corrected chi connectivity index (χ4v) is 2.50. The first-order valence-corrected chi connectivity index (χ1v) is 6.72. The maximum atomic E-state index is 4.35. The van der Waals surface area contributed by atoms with E-state index in [0.717, 1.165) is 23.1 Å². The summed E-state index contributed by atoms with van der Waals surface area (Å²) in [5.74, 6) is 9.60. The van der Waals surface area contributed by atoms with Crippen LogP contribution in [0.1, 0.15) is 44.0 Å². The molecule has 0 radical (unpaired) electrons. The average molecular weight is 243 g/mol. The van der Waals surface area contributed by atoms with E-state index in [4.69, 9.17) is 0 Å². The van der Waals surface area contributed by atoms with Crippen molar-refractivity contribution in [3.8, 4) is 11.8 Å². The molecular formula is C15H21N3. The maximum Gasteiger partial charge on any atom is 0.145 e. The van der Waals surface area contributed by atoms with Crippen LogP contribution in [0.4, 0.5) is 5.82 Å². The van der Waals surface area contributed by atoms with Gasteiger partial charge in [0.1, 0.15) is 11.6 Å². The van der Waals surface area contributed by atoms with Gasteiger partial charge in [-0.05, 0) is 25.7 Å². The number of nitrogens with one attached hydrogen (secondary N) is 1. The van der Waals surface area contributed by atoms with Crippen LogP contribution in [0.5, 0.6) is 0 Å². The molecule has 96 valence electrons. The number of hydrogen-bond donors (Lipinski definition) is 1. The van der Waals surface area contributed by atoms with Crippen molar-refractivity contribution < 1.29 is 0 Å². The minimum Gasteiger partial charge on any atom is -0.372 e. The smallest absolute Gasteiger partial charge is 0.145 e. The molecule has 0 saturated heterocycles. The fraction of sp³-hybridized carbons (Fsp3) is 0.600. The van der Waals surface area contributed by atoms with Crippen LogP contribution >= 0.6 is 0 Å². The number of aryl methyl sites for hydroxylation is 1. The van der Waals surface area contributed by atoms with E-state index in [0.29, 0.717) is 5.92 Å². The Kier molecular flexibility index (Phi) is 4.19. The van der Waals surface area contributed by atoms with E-state index >= 15 is 0 Å². The highest BCUT2D eigenvalue weighted by molar-refractivity contribution is 5.52. The third-order valence-corrected chi connectivity index (χ3v) is 3.49. The van der Waals surface area contributed by atoms with Gasteiger partial charge in [0.2, 0.25) is 0 Å². The van der Waals surface area contributed by atoms with Crippen molar-refractivity contribution in [1.29, 1.82) is 0 Å². The van der Waals surface area contributed by atoms with Crippen LogP contribution in [0.3, 0.4) is 0 Å². The van der Waals surface area contributed by atoms with Gasteiger partial charge in [0, 0.05) is 19.2 Å². The number of aromatic nitrogens is 2. The largest absolute Gasteiger partial charge is 0.372 e. The number of anilines is 1. The Morgan fingerprint density at radius 3 is 2.94 bits per heavy atom. The summed E-state index contributed by atoms with van der Waals surface area (Å²) in [5, 5.41) is 3.08. The van der Waals surface area contributed by atoms with Gasteiger partial charge in [-0.15, -0.1) is 0 Å². The molecule has 1 N–H and O–H groups in total. The molecule has 1 fully saturated rings. The molecule has 18 heavy (non-hydrogen) atoms. The lowest BCUT2D eigenvalue weighted by Gasteiger charge is -2.22. The van der Waals surface area contributed by atoms with Gasteiger partial charge in [0.05, 0.1) is 5.56 Å². The molecule has 0 bridgehead atoms. The zero-order chi connectivity index (χ0) is 13.0. The van der Waals surface area contributed by atoms with E-state index in [1.54, 1.807) is 0 Å². The molecule has 0 spiro atoms. The molecule has 2 atom stereocenters. The summed E-state index contributed by atoms with van der Waals surface area (Å²) in [6.07, 6.45) is 6.94. The lowest BCUT2D eigenvalue weighted by molar-refractivity contribution is 0.333. The highest BCUT2D eigenvalue weighted by atomic mass is 15.0. The van der Waals surface area contributed by atoms with Gasteiger partial charge in [-0.1, -0.05) is 31.6 Å². The third-order valence-electron chi connectivity index (χ3n) is 3.49. The van der Waals surface area contributed by atoms with Crippen molar-refractivity contribution in [2.45, 2.75) is 39.5 Å². The molecule has 0 unspecified atom stereocenters. The van der Waals surface area contributed by atoms with Crippen LogP contribution in [0.15, 0.2) is 6.20 Å². The predicted octanol–water partition coefficient (Wildman–Crippen LogP) is 3.00. The molecule has 1 aliphatic carbocycles. The Hall–Kier alpha value is -1.56. The van der Waals surface area contributed by atoms with Crippen LogP contribution in [-0.4, -0.2) is 17.0 Å². The average Bonchev–Trinajstić information content (AvgIpc) is 2.37. The second-order valence-corrected chi connectivity index (χ2v) is 5.17. The molecule has 1 saturated carbocycles. The SMILES string of the molecule is CNc1nc(C)ncc1C#C[C@@H]1CCC[C@H](C)C1. The van der Waals surface area contributed by atoms with Gasteiger partial charge in [0.25, 0.3) is 0 Å². The summed E-state index contributed by atoms with van der Waals surface area (Å²) in [6, 6.07) is 0. The summed E-state index contributed by atoms with van der Waals surface area (Å²) in [5.41, 5.74) is 0.904. The van der Waals surface area contributed by atoms with E-state index in [2.05, 4.69) is 34.0 Å². The zero-order valence-corrected chi connectivity index (χ0v) is 11.5. The lowest BCUT2D eigenvalue weighted by Crippen LogP contribution is -2.11. The molecule has 3 nitrogen and oxygen atoms in total. The lowest BCUT2D eigenvalue weighted by atomic mass is 9.83. The van der Waals surface area contributed by atoms with Crippen molar-refractivity contribution in [1.82, 2.24) is 9.97 Å². The van der Waals surface area contributed by atoms with Crippen LogP contribution < -0.4 is 5.32 Å². The summed E-state index contributed by atoms with van der Waals surface area (Å²) >= 11 is 0. The first-order chi connectivity index (χ1) is 8.69. The summed E-state index contributed by atoms with van der Waals surface area (Å²) in [4.78, 5) is 8.56. The summed E-state index contributed by atoms with van der Waals surface area (Å²) in [7, 11) is 1.87. The molecule has 0 aromatic carbocycles. The van der Waals surface area contributed by atoms with E-state index in [1.165, 1.54) is 25.7 Å². The van der Waals surface area contributed by atoms with Gasteiger partial charge >= 0.3 is 0 Å². The first-order valence-electron chi connectivity index (χ1n) is 6.72. The minimum absolute atomic E-state index is 0.541. The highest BCUT2D eigenvalue weighted by Gasteiger charge is 2.16. The van der Waals surface area contributed by atoms with Gasteiger partial charge < -0.3 is 5.32 Å². The van der Waals surface area contributed by atoms with Crippen LogP contribution in [-0.2, 0) is 0 Å². The predicted molar refractivity (Wildman–Crippen MR) is 74.3 cm³/mol. The van der Waals surface area contributed by atoms with Gasteiger partial charge in [0.15, 0.2) is 0 Å². The Morgan fingerprint density at radius 1 is 1.39 bits per heavy atom. The molecule has 0 aliphatic heterocycles. The van der Waals surface area contributed by atoms with Crippen LogP contribution in [0.2, 0.25) is 0 Å². The van der Waals surface area contributed by atoms with Gasteiger partial charge in [-0.3, -0.25) is 0 Å². The fourth-order valence-electron chi connectivity index (χ4n) is 2.50. The summed E-state index contributed by atoms with van der Waals surface area (Å²) in [6.45, 7) is 4.21. The Morgan fingerprint density at radius 2 is 2.22 bits per heavy atom. The molecule has 1 aromatic heterocycles. The van der Waals surface area contributed by atoms with Crippen molar-refractivity contribution in [2.75, 3.05) is 12.4 Å². The van der Waals surface area contributed by atoms with E-state index in [1.807, 2.05) is 20.2 Å². The standard InChI is InChI=1S/C15H21N3/c1-11-5-4-6-13(9-11)7-8-14-10-17-12(2)18-15(14)16-3/h10-11,13H,4-6,9H2,1-3H3,(H,16,17,18)/t11-,13-/m0/s1. The van der Waals surface area contributed by atoms with Crippen molar-refractivity contribution in [3.05, 3.63) is 17.6 Å². The second-order valence-electron chi connectivity index (χ2n) is 5.17. The number of rotatable bonds is 1. The minimum atomic E-state index is 0.541. The van der Waals surface area contributed by atoms with Crippen molar-refractivity contribution in [2.24, 2.45) is 11.8 Å². The number of nitrogens with zero attached hydrogens (tertiary/aromatic N) is 2. The Balaban J connectivity index is 2.13. The molecular weight excluding hydrogens is 222 g/mol. The topological polar surface area (TPSA) is 37.8 Å². The van der Waals surface area contributed by atoms with Crippen molar-refractivity contribution >= 4 is 5.82 Å². The number of hydrogen-bond acceptors (Lipinski definition) is 3.